The van der Waals surface area contributed by atoms with E-state index in [0.29, 0.717) is 5.56 Å². The second-order valence-electron chi connectivity index (χ2n) is 2.30. The van der Waals surface area contributed by atoms with Gasteiger partial charge >= 0.3 is 0 Å². The maximum Gasteiger partial charge on any atom is 0.123 e. The summed E-state index contributed by atoms with van der Waals surface area (Å²) in [5.41, 5.74) is 1.68. The zero-order chi connectivity index (χ0) is 8.27. The van der Waals surface area contributed by atoms with Gasteiger partial charge in [-0.2, -0.15) is 5.26 Å². The molecule has 0 aliphatic heterocycles. The van der Waals surface area contributed by atoms with Crippen LogP contribution in [-0.2, 0) is 0 Å². The lowest BCUT2D eigenvalue weighted by Gasteiger charge is -2.02. The van der Waals surface area contributed by atoms with Gasteiger partial charge < -0.3 is 4.74 Å². The van der Waals surface area contributed by atoms with Crippen molar-refractivity contribution in [2.24, 2.45) is 0 Å². The zero-order valence-electron chi connectivity index (χ0n) is 6.59. The molecule has 0 saturated heterocycles. The van der Waals surface area contributed by atoms with E-state index in [4.69, 9.17) is 10.00 Å². The van der Waals surface area contributed by atoms with Gasteiger partial charge in [-0.1, -0.05) is 6.07 Å². The molecule has 0 aliphatic carbocycles. The third-order valence-electron chi connectivity index (χ3n) is 1.54. The molecule has 0 fully saturated rings. The van der Waals surface area contributed by atoms with Gasteiger partial charge in [0.1, 0.15) is 5.75 Å². The van der Waals surface area contributed by atoms with Crippen molar-refractivity contribution in [1.82, 2.24) is 0 Å². The van der Waals surface area contributed by atoms with E-state index >= 15 is 0 Å². The number of rotatable bonds is 1. The Labute approximate surface area is 66.0 Å². The highest BCUT2D eigenvalue weighted by Crippen LogP contribution is 2.17. The van der Waals surface area contributed by atoms with Crippen LogP contribution in [0.3, 0.4) is 0 Å². The summed E-state index contributed by atoms with van der Waals surface area (Å²) in [6.45, 7) is 1.94. The minimum absolute atomic E-state index is 0.632. The molecule has 11 heavy (non-hydrogen) atoms. The molecule has 0 aliphatic rings. The summed E-state index contributed by atoms with van der Waals surface area (Å²) in [6.07, 6.45) is 0. The Balaban J connectivity index is 3.15. The van der Waals surface area contributed by atoms with Crippen LogP contribution in [0.15, 0.2) is 18.2 Å². The number of benzene rings is 1. The van der Waals surface area contributed by atoms with Crippen LogP contribution >= 0.6 is 0 Å². The molecule has 0 bridgehead atoms. The first-order chi connectivity index (χ1) is 5.27. The SMILES string of the molecule is COc1cc(C#N)ccc1C. The van der Waals surface area contributed by atoms with Crippen molar-refractivity contribution >= 4 is 0 Å². The number of nitrogens with zero attached hydrogens (tertiary/aromatic N) is 1. The fourth-order valence-corrected chi connectivity index (χ4v) is 0.890. The molecule has 0 radical (unpaired) electrons. The summed E-state index contributed by atoms with van der Waals surface area (Å²) < 4.78 is 5.04. The Bertz CT molecular complexity index is 299. The van der Waals surface area contributed by atoms with E-state index in [1.165, 1.54) is 0 Å². The largest absolute Gasteiger partial charge is 0.496 e. The third-order valence-corrected chi connectivity index (χ3v) is 1.54. The van der Waals surface area contributed by atoms with Gasteiger partial charge in [0.2, 0.25) is 0 Å². The van der Waals surface area contributed by atoms with E-state index in [0.717, 1.165) is 11.3 Å². The third kappa shape index (κ3) is 1.50. The van der Waals surface area contributed by atoms with Crippen molar-refractivity contribution in [3.63, 3.8) is 0 Å². The van der Waals surface area contributed by atoms with Gasteiger partial charge in [0.25, 0.3) is 0 Å². The van der Waals surface area contributed by atoms with Gasteiger partial charge in [0, 0.05) is 0 Å². The predicted molar refractivity (Wildman–Crippen MR) is 42.4 cm³/mol. The van der Waals surface area contributed by atoms with E-state index in [9.17, 15) is 0 Å². The van der Waals surface area contributed by atoms with Crippen LogP contribution in [0.5, 0.6) is 5.75 Å². The quantitative estimate of drug-likeness (QED) is 0.607. The molecule has 1 rings (SSSR count). The number of hydrogen-bond acceptors (Lipinski definition) is 2. The molecule has 1 aromatic rings. The molecule has 1 aromatic carbocycles. The lowest BCUT2D eigenvalue weighted by Crippen LogP contribution is -1.87. The number of aryl methyl sites for hydroxylation is 1. The minimum Gasteiger partial charge on any atom is -0.496 e. The zero-order valence-corrected chi connectivity index (χ0v) is 6.59. The smallest absolute Gasteiger partial charge is 0.123 e. The highest BCUT2D eigenvalue weighted by Gasteiger charge is 1.97. The van der Waals surface area contributed by atoms with Crippen LogP contribution in [0.2, 0.25) is 0 Å². The Kier molecular flexibility index (Phi) is 2.12. The average molecular weight is 147 g/mol. The van der Waals surface area contributed by atoms with Crippen molar-refractivity contribution in [2.45, 2.75) is 6.92 Å². The highest BCUT2D eigenvalue weighted by atomic mass is 16.5. The first kappa shape index (κ1) is 7.62. The maximum atomic E-state index is 8.54. The fraction of sp³-hybridized carbons (Fsp3) is 0.222. The summed E-state index contributed by atoms with van der Waals surface area (Å²) in [5.74, 6) is 0.768. The summed E-state index contributed by atoms with van der Waals surface area (Å²) in [6, 6.07) is 7.43. The van der Waals surface area contributed by atoms with Crippen LogP contribution in [0.4, 0.5) is 0 Å². The molecular formula is C9H9NO. The van der Waals surface area contributed by atoms with E-state index in [-0.39, 0.29) is 0 Å². The first-order valence-corrected chi connectivity index (χ1v) is 3.32. The summed E-state index contributed by atoms with van der Waals surface area (Å²) >= 11 is 0. The van der Waals surface area contributed by atoms with E-state index in [1.807, 2.05) is 19.1 Å². The Morgan fingerprint density at radius 1 is 1.45 bits per heavy atom. The second kappa shape index (κ2) is 3.07. The fourth-order valence-electron chi connectivity index (χ4n) is 0.890. The van der Waals surface area contributed by atoms with Crippen molar-refractivity contribution in [2.75, 3.05) is 7.11 Å². The molecule has 0 unspecified atom stereocenters. The number of hydrogen-bond donors (Lipinski definition) is 0. The van der Waals surface area contributed by atoms with Crippen LogP contribution < -0.4 is 4.74 Å². The lowest BCUT2D eigenvalue weighted by atomic mass is 10.1. The van der Waals surface area contributed by atoms with Crippen molar-refractivity contribution in [3.8, 4) is 11.8 Å². The predicted octanol–water partition coefficient (Wildman–Crippen LogP) is 1.88. The molecule has 56 valence electrons. The molecule has 2 nitrogen and oxygen atoms in total. The van der Waals surface area contributed by atoms with Crippen LogP contribution in [0.25, 0.3) is 0 Å². The molecule has 0 aromatic heterocycles. The van der Waals surface area contributed by atoms with Gasteiger partial charge in [0.05, 0.1) is 18.7 Å². The van der Waals surface area contributed by atoms with Gasteiger partial charge in [-0.05, 0) is 24.6 Å². The first-order valence-electron chi connectivity index (χ1n) is 3.32. The minimum atomic E-state index is 0.632. The molecule has 2 heteroatoms. The number of nitriles is 1. The van der Waals surface area contributed by atoms with Gasteiger partial charge in [0.15, 0.2) is 0 Å². The van der Waals surface area contributed by atoms with Gasteiger partial charge in [-0.25, -0.2) is 0 Å². The standard InChI is InChI=1S/C9H9NO/c1-7-3-4-8(6-10)5-9(7)11-2/h3-5H,1-2H3. The topological polar surface area (TPSA) is 33.0 Å². The highest BCUT2D eigenvalue weighted by molar-refractivity contribution is 5.41. The van der Waals surface area contributed by atoms with Crippen LogP contribution in [0.1, 0.15) is 11.1 Å². The Hall–Kier alpha value is -1.49. The molecule has 0 saturated carbocycles. The molecule has 0 amide bonds. The van der Waals surface area contributed by atoms with E-state index in [1.54, 1.807) is 19.2 Å². The monoisotopic (exact) mass is 147 g/mol. The Morgan fingerprint density at radius 2 is 2.18 bits per heavy atom. The number of methoxy groups -OCH3 is 1. The Morgan fingerprint density at radius 3 is 2.73 bits per heavy atom. The maximum absolute atomic E-state index is 8.54. The summed E-state index contributed by atoms with van der Waals surface area (Å²) in [7, 11) is 1.60. The molecule has 0 spiro atoms. The number of ether oxygens (including phenoxy) is 1. The normalized spacial score (nSPS) is 8.82. The van der Waals surface area contributed by atoms with Crippen molar-refractivity contribution < 1.29 is 4.74 Å². The van der Waals surface area contributed by atoms with Crippen LogP contribution in [0, 0.1) is 18.3 Å². The van der Waals surface area contributed by atoms with Gasteiger partial charge in [-0.3, -0.25) is 0 Å². The summed E-state index contributed by atoms with van der Waals surface area (Å²) in [4.78, 5) is 0. The van der Waals surface area contributed by atoms with Crippen molar-refractivity contribution in [1.29, 1.82) is 5.26 Å². The lowest BCUT2D eigenvalue weighted by molar-refractivity contribution is 0.411. The van der Waals surface area contributed by atoms with E-state index in [2.05, 4.69) is 0 Å². The van der Waals surface area contributed by atoms with E-state index < -0.39 is 0 Å². The van der Waals surface area contributed by atoms with Gasteiger partial charge in [-0.15, -0.1) is 0 Å². The van der Waals surface area contributed by atoms with Crippen molar-refractivity contribution in [3.05, 3.63) is 29.3 Å². The molecular weight excluding hydrogens is 138 g/mol. The van der Waals surface area contributed by atoms with Crippen LogP contribution in [-0.4, -0.2) is 7.11 Å². The molecule has 0 heterocycles. The summed E-state index contributed by atoms with van der Waals surface area (Å²) in [5, 5.41) is 8.54. The molecule has 0 N–H and O–H groups in total. The molecule has 0 atom stereocenters. The second-order valence-corrected chi connectivity index (χ2v) is 2.30. The average Bonchev–Trinajstić information content (AvgIpc) is 2.05.